The SMILES string of the molecule is Cc1c2c[nH]c1/C(c1ccccc1)=c1/cc/c([nH]1)=C(\c1ccccc1)C1=N/C(=C(/c3ccccc3)c3ccc([nH]3)[C@]2(C)c2ccccc2)C=C1. The molecule has 0 unspecified atom stereocenters. The van der Waals surface area contributed by atoms with Crippen LogP contribution in [0.15, 0.2) is 175 Å². The molecule has 3 N–H and O–H groups in total. The van der Waals surface area contributed by atoms with Crippen LogP contribution in [-0.4, -0.2) is 20.7 Å². The second kappa shape index (κ2) is 11.9. The third-order valence-electron chi connectivity index (χ3n) is 10.3. The number of aromatic nitrogens is 3. The van der Waals surface area contributed by atoms with Crippen LogP contribution in [-0.2, 0) is 5.41 Å². The first kappa shape index (κ1) is 29.7. The number of H-pyrrole nitrogens is 3. The lowest BCUT2D eigenvalue weighted by molar-refractivity contribution is 0.666. The average molecular weight is 645 g/mol. The quantitative estimate of drug-likeness (QED) is 0.172. The minimum Gasteiger partial charge on any atom is -0.361 e. The van der Waals surface area contributed by atoms with Gasteiger partial charge in [0.15, 0.2) is 0 Å². The summed E-state index contributed by atoms with van der Waals surface area (Å²) in [7, 11) is 0. The summed E-state index contributed by atoms with van der Waals surface area (Å²) in [6.07, 6.45) is 6.51. The molecule has 0 saturated heterocycles. The predicted octanol–water partition coefficient (Wildman–Crippen LogP) is 8.56. The van der Waals surface area contributed by atoms with Crippen LogP contribution in [0.25, 0.3) is 16.7 Å². The van der Waals surface area contributed by atoms with E-state index in [4.69, 9.17) is 4.99 Å². The molecule has 0 aliphatic carbocycles. The minimum absolute atomic E-state index is 0.487. The number of rotatable bonds is 4. The first-order chi connectivity index (χ1) is 24.6. The predicted molar refractivity (Wildman–Crippen MR) is 204 cm³/mol. The van der Waals surface area contributed by atoms with Gasteiger partial charge in [-0.3, -0.25) is 0 Å². The molecule has 4 nitrogen and oxygen atoms in total. The Labute approximate surface area is 291 Å². The lowest BCUT2D eigenvalue weighted by atomic mass is 9.73. The van der Waals surface area contributed by atoms with Crippen LogP contribution in [0.3, 0.4) is 0 Å². The maximum absolute atomic E-state index is 5.39. The highest BCUT2D eigenvalue weighted by atomic mass is 14.8. The number of hydrogen-bond acceptors (Lipinski definition) is 1. The van der Waals surface area contributed by atoms with Gasteiger partial charge in [0.1, 0.15) is 0 Å². The van der Waals surface area contributed by atoms with Crippen LogP contribution >= 0.6 is 0 Å². The van der Waals surface area contributed by atoms with Crippen LogP contribution < -0.4 is 10.7 Å². The van der Waals surface area contributed by atoms with Gasteiger partial charge in [-0.15, -0.1) is 0 Å². The molecule has 0 radical (unpaired) electrons. The van der Waals surface area contributed by atoms with E-state index in [-0.39, 0.29) is 0 Å². The number of hydrogen-bond donors (Lipinski definition) is 3. The summed E-state index contributed by atoms with van der Waals surface area (Å²) in [4.78, 5) is 17.0. The van der Waals surface area contributed by atoms with E-state index in [1.807, 2.05) is 0 Å². The normalized spacial score (nSPS) is 20.6. The summed E-state index contributed by atoms with van der Waals surface area (Å²) < 4.78 is 0. The van der Waals surface area contributed by atoms with Crippen molar-refractivity contribution < 1.29 is 0 Å². The lowest BCUT2D eigenvalue weighted by Crippen LogP contribution is -2.26. The number of nitrogens with one attached hydrogen (secondary N) is 3. The molecule has 240 valence electrons. The van der Waals surface area contributed by atoms with Gasteiger partial charge in [-0.1, -0.05) is 121 Å². The molecular weight excluding hydrogens is 609 g/mol. The molecule has 50 heavy (non-hydrogen) atoms. The van der Waals surface area contributed by atoms with E-state index in [1.54, 1.807) is 0 Å². The second-order valence-electron chi connectivity index (χ2n) is 13.2. The number of aliphatic imine (C=N–C) groups is 1. The van der Waals surface area contributed by atoms with Gasteiger partial charge >= 0.3 is 0 Å². The van der Waals surface area contributed by atoms with E-state index in [9.17, 15) is 0 Å². The van der Waals surface area contributed by atoms with E-state index in [2.05, 4.69) is 193 Å². The maximum atomic E-state index is 5.39. The first-order valence-corrected chi connectivity index (χ1v) is 17.1. The molecule has 0 saturated carbocycles. The molecule has 3 aromatic heterocycles. The molecule has 0 fully saturated rings. The van der Waals surface area contributed by atoms with E-state index < -0.39 is 5.41 Å². The number of fused-ring (bicyclic) bond motifs is 7. The largest absolute Gasteiger partial charge is 0.361 e. The zero-order valence-electron chi connectivity index (χ0n) is 28.0. The fourth-order valence-electron chi connectivity index (χ4n) is 7.79. The zero-order valence-corrected chi connectivity index (χ0v) is 28.0. The van der Waals surface area contributed by atoms with Gasteiger partial charge in [0.05, 0.1) is 22.5 Å². The van der Waals surface area contributed by atoms with E-state index in [0.717, 1.165) is 72.6 Å². The molecule has 8 bridgehead atoms. The summed E-state index contributed by atoms with van der Waals surface area (Å²) in [5.74, 6) is 0. The molecule has 0 spiro atoms. The summed E-state index contributed by atoms with van der Waals surface area (Å²) in [6, 6.07) is 51.5. The van der Waals surface area contributed by atoms with Crippen LogP contribution in [0.5, 0.6) is 0 Å². The Morgan fingerprint density at radius 3 is 1.74 bits per heavy atom. The highest BCUT2D eigenvalue weighted by molar-refractivity contribution is 6.30. The lowest BCUT2D eigenvalue weighted by Gasteiger charge is -2.30. The smallest absolute Gasteiger partial charge is 0.0737 e. The highest BCUT2D eigenvalue weighted by Crippen LogP contribution is 2.43. The molecule has 7 aromatic rings. The maximum Gasteiger partial charge on any atom is 0.0737 e. The van der Waals surface area contributed by atoms with Gasteiger partial charge in [-0.25, -0.2) is 4.99 Å². The fraction of sp³-hybridized carbons (Fsp3) is 0.0652. The standard InChI is InChI=1S/C46H36N4/c1-30-35-29-47-45(30)44(33-19-11-5-12-20-33)40-26-25-37(49-40)42(31-15-7-3-8-16-31)36-23-24-38(48-36)43(32-17-9-4-10-18-32)39-27-28-41(50-39)46(35,2)34-21-13-6-14-22-34/h3-29,47,49-50H,1-2H3/b42-37-,43-38-,44-40-/t46-/m1/s1. The van der Waals surface area contributed by atoms with Gasteiger partial charge < -0.3 is 15.0 Å². The Morgan fingerprint density at radius 2 is 1.10 bits per heavy atom. The van der Waals surface area contributed by atoms with Crippen LogP contribution in [0.4, 0.5) is 0 Å². The average Bonchev–Trinajstić information content (AvgIpc) is 4.00. The number of allylic oxidation sites excluding steroid dienone is 2. The van der Waals surface area contributed by atoms with Crippen molar-refractivity contribution in [2.24, 2.45) is 4.99 Å². The van der Waals surface area contributed by atoms with Crippen molar-refractivity contribution in [1.29, 1.82) is 0 Å². The molecule has 9 rings (SSSR count). The summed E-state index contributed by atoms with van der Waals surface area (Å²) >= 11 is 0. The van der Waals surface area contributed by atoms with Gasteiger partial charge in [-0.2, -0.15) is 0 Å². The van der Waals surface area contributed by atoms with E-state index in [1.165, 1.54) is 16.7 Å². The van der Waals surface area contributed by atoms with Crippen molar-refractivity contribution in [1.82, 2.24) is 15.0 Å². The van der Waals surface area contributed by atoms with Gasteiger partial charge in [0.25, 0.3) is 0 Å². The van der Waals surface area contributed by atoms with Crippen molar-refractivity contribution in [3.05, 3.63) is 231 Å². The van der Waals surface area contributed by atoms with Crippen molar-refractivity contribution in [2.45, 2.75) is 19.3 Å². The molecule has 2 aliphatic heterocycles. The number of nitrogens with zero attached hydrogens (tertiary/aromatic N) is 1. The third kappa shape index (κ3) is 4.80. The van der Waals surface area contributed by atoms with Crippen molar-refractivity contribution in [3.8, 4) is 0 Å². The Bertz CT molecular complexity index is 2580. The van der Waals surface area contributed by atoms with Gasteiger partial charge in [0, 0.05) is 45.0 Å². The molecule has 2 aliphatic rings. The van der Waals surface area contributed by atoms with Gasteiger partial charge in [0.2, 0.25) is 0 Å². The summed E-state index contributed by atoms with van der Waals surface area (Å²) in [6.45, 7) is 4.58. The van der Waals surface area contributed by atoms with Crippen LogP contribution in [0.1, 0.15) is 57.4 Å². The Kier molecular flexibility index (Phi) is 7.10. The van der Waals surface area contributed by atoms with Crippen LogP contribution in [0, 0.1) is 6.92 Å². The Morgan fingerprint density at radius 1 is 0.540 bits per heavy atom. The Balaban J connectivity index is 1.44. The minimum atomic E-state index is -0.487. The van der Waals surface area contributed by atoms with Crippen molar-refractivity contribution in [2.75, 3.05) is 0 Å². The zero-order chi connectivity index (χ0) is 33.7. The monoisotopic (exact) mass is 644 g/mol. The Hall–Kier alpha value is -6.39. The van der Waals surface area contributed by atoms with Crippen molar-refractivity contribution >= 4 is 22.4 Å². The fourth-order valence-corrected chi connectivity index (χ4v) is 7.79. The molecule has 4 heteroatoms. The molecule has 0 amide bonds. The number of benzene rings is 4. The number of aromatic amines is 3. The highest BCUT2D eigenvalue weighted by Gasteiger charge is 2.36. The molecular formula is C46H36N4. The third-order valence-corrected chi connectivity index (χ3v) is 10.3. The van der Waals surface area contributed by atoms with E-state index in [0.29, 0.717) is 0 Å². The summed E-state index contributed by atoms with van der Waals surface area (Å²) in [5, 5.41) is 2.05. The first-order valence-electron chi connectivity index (χ1n) is 17.1. The molecule has 1 atom stereocenters. The van der Waals surface area contributed by atoms with Gasteiger partial charge in [-0.05, 0) is 83.6 Å². The second-order valence-corrected chi connectivity index (χ2v) is 13.2. The molecule has 4 aromatic carbocycles. The summed E-state index contributed by atoms with van der Waals surface area (Å²) in [5.41, 5.74) is 14.8. The molecule has 5 heterocycles. The van der Waals surface area contributed by atoms with Crippen molar-refractivity contribution in [3.63, 3.8) is 0 Å². The van der Waals surface area contributed by atoms with E-state index >= 15 is 0 Å². The topological polar surface area (TPSA) is 59.7 Å². The van der Waals surface area contributed by atoms with Crippen LogP contribution in [0.2, 0.25) is 0 Å².